The van der Waals surface area contributed by atoms with Gasteiger partial charge >= 0.3 is 0 Å². The van der Waals surface area contributed by atoms with Crippen molar-refractivity contribution >= 4 is 16.5 Å². The van der Waals surface area contributed by atoms with Crippen LogP contribution in [0.5, 0.6) is 0 Å². The van der Waals surface area contributed by atoms with Crippen molar-refractivity contribution in [2.45, 2.75) is 25.8 Å². The number of hydrogen-bond donors (Lipinski definition) is 1. The Kier molecular flexibility index (Phi) is 3.43. The molecule has 1 unspecified atom stereocenters. The predicted molar refractivity (Wildman–Crippen MR) is 82.5 cm³/mol. The Labute approximate surface area is 115 Å². The minimum atomic E-state index is 0.496. The van der Waals surface area contributed by atoms with E-state index in [-0.39, 0.29) is 0 Å². The van der Waals surface area contributed by atoms with Crippen LogP contribution in [0.1, 0.15) is 19.8 Å². The Hall–Kier alpha value is -1.54. The molecule has 2 nitrogen and oxygen atoms in total. The molecule has 1 fully saturated rings. The number of nitrogens with two attached hydrogens (primary N) is 1. The maximum absolute atomic E-state index is 6.03. The molecule has 0 heterocycles. The van der Waals surface area contributed by atoms with Crippen molar-refractivity contribution in [3.63, 3.8) is 0 Å². The van der Waals surface area contributed by atoms with Crippen molar-refractivity contribution in [2.75, 3.05) is 18.0 Å². The zero-order valence-corrected chi connectivity index (χ0v) is 11.5. The first-order chi connectivity index (χ1) is 9.35. The lowest BCUT2D eigenvalue weighted by Gasteiger charge is -2.33. The molecule has 1 aliphatic rings. The average Bonchev–Trinajstić information content (AvgIpc) is 3.29. The minimum Gasteiger partial charge on any atom is -0.367 e. The summed E-state index contributed by atoms with van der Waals surface area (Å²) in [5.74, 6) is 0.795. The van der Waals surface area contributed by atoms with Crippen LogP contribution in [0.3, 0.4) is 0 Å². The van der Waals surface area contributed by atoms with Crippen LogP contribution in [0.2, 0.25) is 0 Å². The first-order valence-corrected chi connectivity index (χ1v) is 7.29. The molecule has 1 atom stereocenters. The largest absolute Gasteiger partial charge is 0.367 e. The first-order valence-electron chi connectivity index (χ1n) is 7.29. The van der Waals surface area contributed by atoms with Gasteiger partial charge in [0.2, 0.25) is 0 Å². The molecule has 0 aliphatic heterocycles. The lowest BCUT2D eigenvalue weighted by atomic mass is 10.0. The molecule has 1 saturated carbocycles. The van der Waals surface area contributed by atoms with Gasteiger partial charge in [0.15, 0.2) is 0 Å². The molecular formula is C17H22N2. The number of benzene rings is 2. The van der Waals surface area contributed by atoms with Gasteiger partial charge in [0.05, 0.1) is 0 Å². The Morgan fingerprint density at radius 1 is 1.16 bits per heavy atom. The molecule has 19 heavy (non-hydrogen) atoms. The summed E-state index contributed by atoms with van der Waals surface area (Å²) in [7, 11) is 0. The van der Waals surface area contributed by atoms with E-state index in [1.54, 1.807) is 0 Å². The van der Waals surface area contributed by atoms with Crippen molar-refractivity contribution in [3.8, 4) is 0 Å². The fourth-order valence-corrected chi connectivity index (χ4v) is 3.10. The normalized spacial score (nSPS) is 16.5. The van der Waals surface area contributed by atoms with Gasteiger partial charge < -0.3 is 10.6 Å². The van der Waals surface area contributed by atoms with Crippen LogP contribution in [0.15, 0.2) is 42.5 Å². The van der Waals surface area contributed by atoms with E-state index in [1.165, 1.54) is 29.3 Å². The topological polar surface area (TPSA) is 29.3 Å². The Morgan fingerprint density at radius 3 is 2.58 bits per heavy atom. The summed E-state index contributed by atoms with van der Waals surface area (Å²) < 4.78 is 0. The van der Waals surface area contributed by atoms with Crippen molar-refractivity contribution < 1.29 is 0 Å². The zero-order chi connectivity index (χ0) is 13.2. The minimum absolute atomic E-state index is 0.496. The zero-order valence-electron chi connectivity index (χ0n) is 11.5. The highest BCUT2D eigenvalue weighted by molar-refractivity contribution is 5.94. The van der Waals surface area contributed by atoms with Crippen molar-refractivity contribution in [2.24, 2.45) is 11.7 Å². The second-order valence-electron chi connectivity index (χ2n) is 5.42. The summed E-state index contributed by atoms with van der Waals surface area (Å²) in [6.07, 6.45) is 2.67. The Balaban J connectivity index is 2.05. The lowest BCUT2D eigenvalue weighted by Crippen LogP contribution is -2.42. The smallest absolute Gasteiger partial charge is 0.0448 e. The molecule has 2 aromatic rings. The highest BCUT2D eigenvalue weighted by atomic mass is 15.2. The molecule has 100 valence electrons. The van der Waals surface area contributed by atoms with Crippen LogP contribution in [0, 0.1) is 5.92 Å². The second kappa shape index (κ2) is 5.22. The number of fused-ring (bicyclic) bond motifs is 1. The summed E-state index contributed by atoms with van der Waals surface area (Å²) >= 11 is 0. The molecule has 0 spiro atoms. The van der Waals surface area contributed by atoms with Crippen molar-refractivity contribution in [3.05, 3.63) is 42.5 Å². The van der Waals surface area contributed by atoms with Crippen molar-refractivity contribution in [1.29, 1.82) is 0 Å². The predicted octanol–water partition coefficient (Wildman–Crippen LogP) is 3.40. The van der Waals surface area contributed by atoms with Crippen molar-refractivity contribution in [1.82, 2.24) is 0 Å². The van der Waals surface area contributed by atoms with Gasteiger partial charge in [0.1, 0.15) is 0 Å². The fraction of sp³-hybridized carbons (Fsp3) is 0.412. The molecule has 0 bridgehead atoms. The van der Waals surface area contributed by atoms with E-state index >= 15 is 0 Å². The van der Waals surface area contributed by atoms with Gasteiger partial charge in [-0.3, -0.25) is 0 Å². The van der Waals surface area contributed by atoms with Crippen LogP contribution in [-0.2, 0) is 0 Å². The quantitative estimate of drug-likeness (QED) is 0.886. The van der Waals surface area contributed by atoms with Gasteiger partial charge in [-0.1, -0.05) is 36.4 Å². The monoisotopic (exact) mass is 254 g/mol. The van der Waals surface area contributed by atoms with Crippen LogP contribution in [-0.4, -0.2) is 19.1 Å². The lowest BCUT2D eigenvalue weighted by molar-refractivity contribution is 0.549. The number of anilines is 1. The summed E-state index contributed by atoms with van der Waals surface area (Å²) in [5, 5.41) is 2.65. The number of rotatable bonds is 5. The third-order valence-corrected chi connectivity index (χ3v) is 4.22. The molecule has 2 heteroatoms. The highest BCUT2D eigenvalue weighted by Crippen LogP contribution is 2.38. The standard InChI is InChI=1S/C17H22N2/c1-2-19(17(12-18)14-10-11-14)16-9-5-7-13-6-3-4-8-15(13)16/h3-9,14,17H,2,10-12,18H2,1H3. The highest BCUT2D eigenvalue weighted by Gasteiger charge is 2.34. The average molecular weight is 254 g/mol. The molecule has 0 aromatic heterocycles. The number of hydrogen-bond acceptors (Lipinski definition) is 2. The maximum atomic E-state index is 6.03. The second-order valence-corrected chi connectivity index (χ2v) is 5.42. The molecule has 2 N–H and O–H groups in total. The van der Waals surface area contributed by atoms with Gasteiger partial charge in [-0.15, -0.1) is 0 Å². The Bertz CT molecular complexity index is 555. The third-order valence-electron chi connectivity index (χ3n) is 4.22. The van der Waals surface area contributed by atoms with E-state index in [0.29, 0.717) is 6.04 Å². The van der Waals surface area contributed by atoms with E-state index in [1.807, 2.05) is 0 Å². The van der Waals surface area contributed by atoms with Crippen LogP contribution < -0.4 is 10.6 Å². The van der Waals surface area contributed by atoms with Gasteiger partial charge in [-0.2, -0.15) is 0 Å². The molecule has 0 radical (unpaired) electrons. The van der Waals surface area contributed by atoms with Gasteiger partial charge in [-0.25, -0.2) is 0 Å². The van der Waals surface area contributed by atoms with Crippen LogP contribution in [0.25, 0.3) is 10.8 Å². The fourth-order valence-electron chi connectivity index (χ4n) is 3.10. The van der Waals surface area contributed by atoms with Crippen LogP contribution in [0.4, 0.5) is 5.69 Å². The van der Waals surface area contributed by atoms with E-state index in [0.717, 1.165) is 19.0 Å². The van der Waals surface area contributed by atoms with E-state index < -0.39 is 0 Å². The first kappa shape index (κ1) is 12.5. The van der Waals surface area contributed by atoms with E-state index in [9.17, 15) is 0 Å². The van der Waals surface area contributed by atoms with E-state index in [2.05, 4.69) is 54.3 Å². The SMILES string of the molecule is CCN(c1cccc2ccccc12)C(CN)C1CC1. The molecule has 1 aliphatic carbocycles. The number of likely N-dealkylation sites (N-methyl/N-ethyl adjacent to an activating group) is 1. The van der Waals surface area contributed by atoms with Crippen LogP contribution >= 0.6 is 0 Å². The summed E-state index contributed by atoms with van der Waals surface area (Å²) in [4.78, 5) is 2.50. The molecule has 2 aromatic carbocycles. The molecule has 0 saturated heterocycles. The van der Waals surface area contributed by atoms with E-state index in [4.69, 9.17) is 5.73 Å². The molecule has 0 amide bonds. The summed E-state index contributed by atoms with van der Waals surface area (Å²) in [6, 6.07) is 15.7. The Morgan fingerprint density at radius 2 is 1.89 bits per heavy atom. The maximum Gasteiger partial charge on any atom is 0.0448 e. The molecular weight excluding hydrogens is 232 g/mol. The van der Waals surface area contributed by atoms with Gasteiger partial charge in [0.25, 0.3) is 0 Å². The number of nitrogens with zero attached hydrogens (tertiary/aromatic N) is 1. The summed E-state index contributed by atoms with van der Waals surface area (Å²) in [6.45, 7) is 4.00. The van der Waals surface area contributed by atoms with Gasteiger partial charge in [0, 0.05) is 30.2 Å². The molecule has 3 rings (SSSR count). The third kappa shape index (κ3) is 2.33. The van der Waals surface area contributed by atoms with Gasteiger partial charge in [-0.05, 0) is 37.1 Å². The summed E-state index contributed by atoms with van der Waals surface area (Å²) in [5.41, 5.74) is 7.37.